The molecule has 2 aromatic rings. The van der Waals surface area contributed by atoms with Crippen molar-refractivity contribution in [2.75, 3.05) is 17.2 Å². The Hall–Kier alpha value is -1.85. The molecular formula is C19H25ClN4O. The quantitative estimate of drug-likeness (QED) is 0.678. The predicted octanol–water partition coefficient (Wildman–Crippen LogP) is 4.49. The summed E-state index contributed by atoms with van der Waals surface area (Å²) in [5.41, 5.74) is 3.00. The minimum absolute atomic E-state index is 0.0494. The smallest absolute Gasteiger partial charge is 0.225 e. The minimum Gasteiger partial charge on any atom is -0.394 e. The number of hydrogen-bond donors (Lipinski definition) is 3. The highest BCUT2D eigenvalue weighted by Gasteiger charge is 2.26. The van der Waals surface area contributed by atoms with Gasteiger partial charge in [0.1, 0.15) is 5.82 Å². The van der Waals surface area contributed by atoms with Gasteiger partial charge in [-0.25, -0.2) is 4.98 Å². The molecule has 1 atom stereocenters. The van der Waals surface area contributed by atoms with Gasteiger partial charge < -0.3 is 15.7 Å². The lowest BCUT2D eigenvalue weighted by Crippen LogP contribution is -2.30. The summed E-state index contributed by atoms with van der Waals surface area (Å²) in [5.74, 6) is 2.11. The Bertz CT molecular complexity index is 746. The number of aliphatic hydroxyl groups is 1. The standard InChI is InChI=1S/C19H25ClN4O/c1-11(2)17(10-25)23-19-22-16(13-4-5-13)9-18(24-19)21-14-6-7-15(20)12(3)8-14/h6-9,11,13,17,25H,4-5,10H2,1-3H3,(H2,21,22,23,24)/t17-/m0/s1. The molecular weight excluding hydrogens is 336 g/mol. The summed E-state index contributed by atoms with van der Waals surface area (Å²) < 4.78 is 0. The molecule has 0 radical (unpaired) electrons. The molecule has 0 aliphatic heterocycles. The Labute approximate surface area is 153 Å². The van der Waals surface area contributed by atoms with Gasteiger partial charge >= 0.3 is 0 Å². The molecule has 1 aliphatic rings. The van der Waals surface area contributed by atoms with Crippen LogP contribution < -0.4 is 10.6 Å². The fourth-order valence-corrected chi connectivity index (χ4v) is 2.76. The first-order chi connectivity index (χ1) is 12.0. The number of rotatable bonds is 7. The summed E-state index contributed by atoms with van der Waals surface area (Å²) >= 11 is 6.10. The predicted molar refractivity (Wildman–Crippen MR) is 103 cm³/mol. The molecule has 0 spiro atoms. The van der Waals surface area contributed by atoms with Crippen LogP contribution in [-0.4, -0.2) is 27.7 Å². The number of halogens is 1. The Kier molecular flexibility index (Phi) is 5.45. The van der Waals surface area contributed by atoms with Gasteiger partial charge in [0.15, 0.2) is 0 Å². The summed E-state index contributed by atoms with van der Waals surface area (Å²) in [5, 5.41) is 16.9. The van der Waals surface area contributed by atoms with Gasteiger partial charge in [-0.3, -0.25) is 0 Å². The Morgan fingerprint density at radius 3 is 2.60 bits per heavy atom. The molecule has 6 heteroatoms. The maximum Gasteiger partial charge on any atom is 0.225 e. The van der Waals surface area contributed by atoms with Gasteiger partial charge in [-0.2, -0.15) is 4.98 Å². The van der Waals surface area contributed by atoms with Crippen molar-refractivity contribution in [3.63, 3.8) is 0 Å². The number of nitrogens with one attached hydrogen (secondary N) is 2. The van der Waals surface area contributed by atoms with Crippen molar-refractivity contribution in [2.24, 2.45) is 5.92 Å². The monoisotopic (exact) mass is 360 g/mol. The third-order valence-corrected chi connectivity index (χ3v) is 4.91. The van der Waals surface area contributed by atoms with Crippen LogP contribution in [0.1, 0.15) is 43.9 Å². The van der Waals surface area contributed by atoms with Crippen molar-refractivity contribution in [3.8, 4) is 0 Å². The van der Waals surface area contributed by atoms with Gasteiger partial charge in [-0.1, -0.05) is 25.4 Å². The zero-order chi connectivity index (χ0) is 18.0. The molecule has 1 aliphatic carbocycles. The minimum atomic E-state index is -0.0694. The van der Waals surface area contributed by atoms with Gasteiger partial charge in [-0.05, 0) is 49.4 Å². The molecule has 0 saturated heterocycles. The van der Waals surface area contributed by atoms with Crippen LogP contribution in [0.5, 0.6) is 0 Å². The number of anilines is 3. The normalized spacial score (nSPS) is 15.3. The molecule has 1 fully saturated rings. The van der Waals surface area contributed by atoms with E-state index in [1.807, 2.05) is 31.2 Å². The summed E-state index contributed by atoms with van der Waals surface area (Å²) in [7, 11) is 0. The van der Waals surface area contributed by atoms with E-state index < -0.39 is 0 Å². The SMILES string of the molecule is Cc1cc(Nc2cc(C3CC3)nc(N[C@@H](CO)C(C)C)n2)ccc1Cl. The molecule has 25 heavy (non-hydrogen) atoms. The van der Waals surface area contributed by atoms with Crippen LogP contribution in [0.25, 0.3) is 0 Å². The van der Waals surface area contributed by atoms with Crippen molar-refractivity contribution < 1.29 is 5.11 Å². The average molecular weight is 361 g/mol. The summed E-state index contributed by atoms with van der Waals surface area (Å²) in [6, 6.07) is 7.75. The van der Waals surface area contributed by atoms with Crippen LogP contribution in [0.4, 0.5) is 17.5 Å². The zero-order valence-corrected chi connectivity index (χ0v) is 15.6. The highest BCUT2D eigenvalue weighted by molar-refractivity contribution is 6.31. The third-order valence-electron chi connectivity index (χ3n) is 4.49. The van der Waals surface area contributed by atoms with Gasteiger partial charge in [0.05, 0.1) is 18.3 Å². The molecule has 1 aromatic carbocycles. The van der Waals surface area contributed by atoms with Crippen LogP contribution >= 0.6 is 11.6 Å². The third kappa shape index (κ3) is 4.61. The van der Waals surface area contributed by atoms with E-state index in [2.05, 4.69) is 34.4 Å². The van der Waals surface area contributed by atoms with Crippen LogP contribution in [0.2, 0.25) is 5.02 Å². The Balaban J connectivity index is 1.86. The van der Waals surface area contributed by atoms with Crippen LogP contribution in [0.3, 0.4) is 0 Å². The van der Waals surface area contributed by atoms with Crippen LogP contribution in [-0.2, 0) is 0 Å². The summed E-state index contributed by atoms with van der Waals surface area (Å²) in [6.45, 7) is 6.15. The number of hydrogen-bond acceptors (Lipinski definition) is 5. The fourth-order valence-electron chi connectivity index (χ4n) is 2.64. The van der Waals surface area contributed by atoms with E-state index in [-0.39, 0.29) is 18.6 Å². The van der Waals surface area contributed by atoms with E-state index in [0.717, 1.165) is 27.8 Å². The van der Waals surface area contributed by atoms with Crippen molar-refractivity contribution in [2.45, 2.75) is 45.6 Å². The first-order valence-electron chi connectivity index (χ1n) is 8.76. The van der Waals surface area contributed by atoms with E-state index in [1.165, 1.54) is 12.8 Å². The Morgan fingerprint density at radius 2 is 2.00 bits per heavy atom. The van der Waals surface area contributed by atoms with Gasteiger partial charge in [-0.15, -0.1) is 0 Å². The first-order valence-corrected chi connectivity index (χ1v) is 9.13. The maximum atomic E-state index is 9.56. The van der Waals surface area contributed by atoms with Crippen LogP contribution in [0, 0.1) is 12.8 Å². The van der Waals surface area contributed by atoms with E-state index in [4.69, 9.17) is 11.6 Å². The molecule has 3 N–H and O–H groups in total. The molecule has 0 unspecified atom stereocenters. The van der Waals surface area contributed by atoms with Gasteiger partial charge in [0, 0.05) is 22.7 Å². The topological polar surface area (TPSA) is 70.1 Å². The van der Waals surface area contributed by atoms with Gasteiger partial charge in [0.25, 0.3) is 0 Å². The molecule has 3 rings (SSSR count). The highest BCUT2D eigenvalue weighted by atomic mass is 35.5. The lowest BCUT2D eigenvalue weighted by molar-refractivity contribution is 0.248. The second kappa shape index (κ2) is 7.58. The molecule has 134 valence electrons. The Morgan fingerprint density at radius 1 is 1.24 bits per heavy atom. The second-order valence-corrected chi connectivity index (χ2v) is 7.45. The van der Waals surface area contributed by atoms with Crippen molar-refractivity contribution in [1.82, 2.24) is 9.97 Å². The van der Waals surface area contributed by atoms with Crippen molar-refractivity contribution in [1.29, 1.82) is 0 Å². The lowest BCUT2D eigenvalue weighted by atomic mass is 10.1. The number of aromatic nitrogens is 2. The number of benzene rings is 1. The molecule has 0 bridgehead atoms. The molecule has 1 aromatic heterocycles. The lowest BCUT2D eigenvalue weighted by Gasteiger charge is -2.20. The summed E-state index contributed by atoms with van der Waals surface area (Å²) in [6.07, 6.45) is 2.34. The first kappa shape index (κ1) is 18.0. The van der Waals surface area contributed by atoms with Crippen LogP contribution in [0.15, 0.2) is 24.3 Å². The molecule has 1 heterocycles. The number of aliphatic hydroxyl groups excluding tert-OH is 1. The molecule has 5 nitrogen and oxygen atoms in total. The maximum absolute atomic E-state index is 9.56. The molecule has 1 saturated carbocycles. The second-order valence-electron chi connectivity index (χ2n) is 7.04. The van der Waals surface area contributed by atoms with Crippen molar-refractivity contribution in [3.05, 3.63) is 40.5 Å². The summed E-state index contributed by atoms with van der Waals surface area (Å²) in [4.78, 5) is 9.23. The van der Waals surface area contributed by atoms with Crippen molar-refractivity contribution >= 4 is 29.1 Å². The van der Waals surface area contributed by atoms with E-state index in [0.29, 0.717) is 11.9 Å². The fraction of sp³-hybridized carbons (Fsp3) is 0.474. The van der Waals surface area contributed by atoms with E-state index >= 15 is 0 Å². The average Bonchev–Trinajstić information content (AvgIpc) is 3.40. The largest absolute Gasteiger partial charge is 0.394 e. The number of aryl methyl sites for hydroxylation is 1. The molecule has 0 amide bonds. The number of nitrogens with zero attached hydrogens (tertiary/aromatic N) is 2. The highest BCUT2D eigenvalue weighted by Crippen LogP contribution is 2.40. The van der Waals surface area contributed by atoms with Gasteiger partial charge in [0.2, 0.25) is 5.95 Å². The van der Waals surface area contributed by atoms with E-state index in [1.54, 1.807) is 0 Å². The van der Waals surface area contributed by atoms with E-state index in [9.17, 15) is 5.11 Å². The zero-order valence-electron chi connectivity index (χ0n) is 14.9.